The van der Waals surface area contributed by atoms with Crippen LogP contribution in [0.15, 0.2) is 12.5 Å². The second kappa shape index (κ2) is 4.34. The first-order valence-corrected chi connectivity index (χ1v) is 5.24. The molecule has 1 aromatic rings. The lowest BCUT2D eigenvalue weighted by atomic mass is 10.2. The summed E-state index contributed by atoms with van der Waals surface area (Å²) in [4.78, 5) is 31.1. The molecule has 3 N–H and O–H groups in total. The van der Waals surface area contributed by atoms with E-state index in [1.165, 1.54) is 0 Å². The van der Waals surface area contributed by atoms with Gasteiger partial charge in [0.2, 0.25) is 11.8 Å². The molecule has 0 aliphatic carbocycles. The molecule has 2 rings (SSSR count). The Hall–Kier alpha value is -1.85. The third-order valence-corrected chi connectivity index (χ3v) is 2.83. The van der Waals surface area contributed by atoms with Gasteiger partial charge in [-0.3, -0.25) is 9.59 Å². The quantitative estimate of drug-likeness (QED) is 0.714. The lowest BCUT2D eigenvalue weighted by Gasteiger charge is -2.21. The minimum Gasteiger partial charge on any atom is -0.368 e. The SMILES string of the molecule is NC(=O)C1CCC(=O)N1CCc1cnc[nH]1. The molecule has 1 fully saturated rings. The summed E-state index contributed by atoms with van der Waals surface area (Å²) >= 11 is 0. The topological polar surface area (TPSA) is 92.1 Å². The molecule has 0 spiro atoms. The smallest absolute Gasteiger partial charge is 0.240 e. The fourth-order valence-corrected chi connectivity index (χ4v) is 1.97. The normalized spacial score (nSPS) is 20.4. The number of aromatic nitrogens is 2. The van der Waals surface area contributed by atoms with E-state index in [0.29, 0.717) is 25.8 Å². The van der Waals surface area contributed by atoms with Gasteiger partial charge in [0.15, 0.2) is 0 Å². The molecule has 6 nitrogen and oxygen atoms in total. The number of amides is 2. The summed E-state index contributed by atoms with van der Waals surface area (Å²) in [5, 5.41) is 0. The van der Waals surface area contributed by atoms with Gasteiger partial charge < -0.3 is 15.6 Å². The largest absolute Gasteiger partial charge is 0.368 e. The van der Waals surface area contributed by atoms with E-state index in [4.69, 9.17) is 5.73 Å². The number of nitrogens with two attached hydrogens (primary N) is 1. The Labute approximate surface area is 92.8 Å². The molecule has 2 amide bonds. The van der Waals surface area contributed by atoms with Crippen LogP contribution in [0.3, 0.4) is 0 Å². The number of carbonyl (C=O) groups is 2. The molecule has 1 aromatic heterocycles. The van der Waals surface area contributed by atoms with E-state index < -0.39 is 11.9 Å². The molecule has 1 atom stereocenters. The predicted molar refractivity (Wildman–Crippen MR) is 56.2 cm³/mol. The lowest BCUT2D eigenvalue weighted by Crippen LogP contribution is -2.43. The monoisotopic (exact) mass is 222 g/mol. The Kier molecular flexibility index (Phi) is 2.89. The average molecular weight is 222 g/mol. The van der Waals surface area contributed by atoms with Crippen LogP contribution in [0.1, 0.15) is 18.5 Å². The van der Waals surface area contributed by atoms with Crippen molar-refractivity contribution in [2.24, 2.45) is 5.73 Å². The molecule has 2 heterocycles. The van der Waals surface area contributed by atoms with Crippen molar-refractivity contribution in [3.8, 4) is 0 Å². The molecule has 1 saturated heterocycles. The molecule has 0 aromatic carbocycles. The van der Waals surface area contributed by atoms with E-state index in [9.17, 15) is 9.59 Å². The second-order valence-corrected chi connectivity index (χ2v) is 3.87. The Morgan fingerprint density at radius 1 is 1.69 bits per heavy atom. The van der Waals surface area contributed by atoms with Crippen molar-refractivity contribution in [3.63, 3.8) is 0 Å². The summed E-state index contributed by atoms with van der Waals surface area (Å²) < 4.78 is 0. The first-order valence-electron chi connectivity index (χ1n) is 5.24. The van der Waals surface area contributed by atoms with Crippen molar-refractivity contribution in [1.82, 2.24) is 14.9 Å². The molecule has 86 valence electrons. The van der Waals surface area contributed by atoms with Crippen LogP contribution in [0, 0.1) is 0 Å². The van der Waals surface area contributed by atoms with Gasteiger partial charge in [-0.15, -0.1) is 0 Å². The maximum absolute atomic E-state index is 11.5. The lowest BCUT2D eigenvalue weighted by molar-refractivity contribution is -0.133. The van der Waals surface area contributed by atoms with Gasteiger partial charge in [0.25, 0.3) is 0 Å². The van der Waals surface area contributed by atoms with Gasteiger partial charge in [0.05, 0.1) is 6.33 Å². The van der Waals surface area contributed by atoms with Crippen molar-refractivity contribution in [2.75, 3.05) is 6.54 Å². The molecule has 1 aliphatic heterocycles. The standard InChI is InChI=1S/C10H14N4O2/c11-10(16)8-1-2-9(15)14(8)4-3-7-5-12-6-13-7/h5-6,8H,1-4H2,(H2,11,16)(H,12,13). The van der Waals surface area contributed by atoms with E-state index in [2.05, 4.69) is 9.97 Å². The molecule has 16 heavy (non-hydrogen) atoms. The van der Waals surface area contributed by atoms with Crippen LogP contribution in [0.4, 0.5) is 0 Å². The number of hydrogen-bond acceptors (Lipinski definition) is 3. The van der Waals surface area contributed by atoms with Crippen LogP contribution in [-0.4, -0.2) is 39.3 Å². The predicted octanol–water partition coefficient (Wildman–Crippen LogP) is -0.571. The first kappa shape index (κ1) is 10.7. The zero-order chi connectivity index (χ0) is 11.5. The summed E-state index contributed by atoms with van der Waals surface area (Å²) in [5.41, 5.74) is 6.19. The van der Waals surface area contributed by atoms with Crippen LogP contribution in [-0.2, 0) is 16.0 Å². The fraction of sp³-hybridized carbons (Fsp3) is 0.500. The minimum absolute atomic E-state index is 0.00307. The maximum atomic E-state index is 11.5. The van der Waals surface area contributed by atoms with Crippen LogP contribution in [0.25, 0.3) is 0 Å². The van der Waals surface area contributed by atoms with Gasteiger partial charge >= 0.3 is 0 Å². The molecule has 6 heteroatoms. The first-order chi connectivity index (χ1) is 7.68. The van der Waals surface area contributed by atoms with Gasteiger partial charge in [-0.2, -0.15) is 0 Å². The average Bonchev–Trinajstić information content (AvgIpc) is 2.84. The van der Waals surface area contributed by atoms with Crippen LogP contribution in [0.5, 0.6) is 0 Å². The second-order valence-electron chi connectivity index (χ2n) is 3.87. The number of imidazole rings is 1. The fourth-order valence-electron chi connectivity index (χ4n) is 1.97. The van der Waals surface area contributed by atoms with Gasteiger partial charge in [-0.1, -0.05) is 0 Å². The highest BCUT2D eigenvalue weighted by Gasteiger charge is 2.34. The van der Waals surface area contributed by atoms with Gasteiger partial charge in [-0.05, 0) is 6.42 Å². The number of H-pyrrole nitrogens is 1. The number of primary amides is 1. The molecule has 1 aliphatic rings. The molecule has 1 unspecified atom stereocenters. The number of carbonyl (C=O) groups excluding carboxylic acids is 2. The Bertz CT molecular complexity index is 388. The number of rotatable bonds is 4. The van der Waals surface area contributed by atoms with Gasteiger partial charge in [0, 0.05) is 31.3 Å². The molecule has 0 bridgehead atoms. The molecular formula is C10H14N4O2. The third kappa shape index (κ3) is 2.05. The van der Waals surface area contributed by atoms with E-state index in [1.54, 1.807) is 17.4 Å². The van der Waals surface area contributed by atoms with Gasteiger partial charge in [-0.25, -0.2) is 4.98 Å². The number of likely N-dealkylation sites (tertiary alicyclic amines) is 1. The highest BCUT2D eigenvalue weighted by atomic mass is 16.2. The van der Waals surface area contributed by atoms with E-state index in [0.717, 1.165) is 5.69 Å². The highest BCUT2D eigenvalue weighted by Crippen LogP contribution is 2.18. The molecule has 0 radical (unpaired) electrons. The van der Waals surface area contributed by atoms with Crippen molar-refractivity contribution >= 4 is 11.8 Å². The van der Waals surface area contributed by atoms with E-state index in [1.807, 2.05) is 0 Å². The highest BCUT2D eigenvalue weighted by molar-refractivity contribution is 5.89. The Balaban J connectivity index is 1.96. The Morgan fingerprint density at radius 2 is 2.50 bits per heavy atom. The van der Waals surface area contributed by atoms with Gasteiger partial charge in [0.1, 0.15) is 6.04 Å². The number of nitrogens with one attached hydrogen (secondary N) is 1. The van der Waals surface area contributed by atoms with Crippen molar-refractivity contribution in [1.29, 1.82) is 0 Å². The summed E-state index contributed by atoms with van der Waals surface area (Å²) in [7, 11) is 0. The van der Waals surface area contributed by atoms with Crippen molar-refractivity contribution < 1.29 is 9.59 Å². The summed E-state index contributed by atoms with van der Waals surface area (Å²) in [6, 6.07) is -0.435. The number of nitrogens with zero attached hydrogens (tertiary/aromatic N) is 2. The third-order valence-electron chi connectivity index (χ3n) is 2.83. The summed E-state index contributed by atoms with van der Waals surface area (Å²) in [6.45, 7) is 0.509. The number of aromatic amines is 1. The number of hydrogen-bond donors (Lipinski definition) is 2. The zero-order valence-corrected chi connectivity index (χ0v) is 8.85. The van der Waals surface area contributed by atoms with Crippen molar-refractivity contribution in [3.05, 3.63) is 18.2 Å². The summed E-state index contributed by atoms with van der Waals surface area (Å²) in [5.74, 6) is -0.418. The molecule has 0 saturated carbocycles. The van der Waals surface area contributed by atoms with Crippen LogP contribution in [0.2, 0.25) is 0 Å². The molecular weight excluding hydrogens is 208 g/mol. The maximum Gasteiger partial charge on any atom is 0.240 e. The van der Waals surface area contributed by atoms with E-state index >= 15 is 0 Å². The van der Waals surface area contributed by atoms with Crippen LogP contribution < -0.4 is 5.73 Å². The van der Waals surface area contributed by atoms with Crippen molar-refractivity contribution in [2.45, 2.75) is 25.3 Å². The zero-order valence-electron chi connectivity index (χ0n) is 8.85. The summed E-state index contributed by atoms with van der Waals surface area (Å²) in [6.07, 6.45) is 4.91. The van der Waals surface area contributed by atoms with Crippen LogP contribution >= 0.6 is 0 Å². The minimum atomic E-state index is -0.435. The van der Waals surface area contributed by atoms with E-state index in [-0.39, 0.29) is 5.91 Å². The Morgan fingerprint density at radius 3 is 3.12 bits per heavy atom.